The lowest BCUT2D eigenvalue weighted by Crippen LogP contribution is -2.42. The molecule has 2 N–H and O–H groups in total. The third-order valence-corrected chi connectivity index (χ3v) is 10.2. The second-order valence-corrected chi connectivity index (χ2v) is 15.0. The molecule has 3 aromatic carbocycles. The summed E-state index contributed by atoms with van der Waals surface area (Å²) >= 11 is 7.53. The number of ether oxygens (including phenoxy) is 1. The van der Waals surface area contributed by atoms with E-state index in [1.54, 1.807) is 6.07 Å². The van der Waals surface area contributed by atoms with E-state index in [4.69, 9.17) is 21.3 Å². The number of carboxylic acid groups (broad SMARTS) is 1. The molecule has 2 heterocycles. The van der Waals surface area contributed by atoms with Crippen molar-refractivity contribution in [1.29, 1.82) is 0 Å². The monoisotopic (exact) mass is 666 g/mol. The lowest BCUT2D eigenvalue weighted by molar-refractivity contribution is -0.139. The minimum Gasteiger partial charge on any atom is -0.480 e. The molecule has 0 spiro atoms. The summed E-state index contributed by atoms with van der Waals surface area (Å²) in [7, 11) is 0. The van der Waals surface area contributed by atoms with E-state index in [0.717, 1.165) is 56.8 Å². The Kier molecular flexibility index (Phi) is 9.67. The summed E-state index contributed by atoms with van der Waals surface area (Å²) in [5.41, 5.74) is 3.36. The number of aliphatic carboxylic acids is 1. The summed E-state index contributed by atoms with van der Waals surface area (Å²) in [6.07, 6.45) is 5.59. The van der Waals surface area contributed by atoms with Crippen LogP contribution in [0, 0.1) is 5.92 Å². The first kappa shape index (κ1) is 32.7. The molecular weight excluding hydrogens is 628 g/mol. The fourth-order valence-electron chi connectivity index (χ4n) is 6.17. The fraction of sp³-hybridized carbons (Fsp3) is 0.308. The Hall–Kier alpha value is -4.20. The second kappa shape index (κ2) is 13.9. The number of benzene rings is 3. The number of carbonyl (C=O) groups excluding carboxylic acids is 1. The maximum absolute atomic E-state index is 13.6. The van der Waals surface area contributed by atoms with E-state index < -0.39 is 17.9 Å². The molecule has 0 radical (unpaired) electrons. The Morgan fingerprint density at radius 2 is 1.66 bits per heavy atom. The van der Waals surface area contributed by atoms with Gasteiger partial charge in [-0.15, -0.1) is 11.3 Å². The molecule has 1 aliphatic rings. The highest BCUT2D eigenvalue weighted by Crippen LogP contribution is 2.34. The third kappa shape index (κ3) is 8.03. The molecule has 1 amide bonds. The standard InChI is InChI=1S/C39H39ClN2O4S/c1-39(2,3)27-11-16-29(17-12-27)46-30-15-10-26-21-34(41-33(32(26)22-30)20-24-6-4-5-7-24)37(43)42-35(38(44)45)23-31-18-19-36(47-31)25-8-13-28(40)14-9-25/h8-19,21-22,24,35H,4-7,20,23H2,1-3H3,(H,42,43)(H,44,45)/t35-/m0/s1. The fourth-order valence-corrected chi connectivity index (χ4v) is 7.35. The zero-order valence-corrected chi connectivity index (χ0v) is 28.5. The molecule has 0 saturated heterocycles. The lowest BCUT2D eigenvalue weighted by Gasteiger charge is -2.19. The number of amides is 1. The Morgan fingerprint density at radius 3 is 2.34 bits per heavy atom. The number of hydrogen-bond donors (Lipinski definition) is 2. The first-order valence-electron chi connectivity index (χ1n) is 16.1. The van der Waals surface area contributed by atoms with Crippen LogP contribution in [0.25, 0.3) is 21.2 Å². The van der Waals surface area contributed by atoms with Crippen LogP contribution in [0.5, 0.6) is 11.5 Å². The molecule has 242 valence electrons. The topological polar surface area (TPSA) is 88.5 Å². The number of nitrogens with one attached hydrogen (secondary N) is 1. The van der Waals surface area contributed by atoms with Gasteiger partial charge in [0.15, 0.2) is 0 Å². The van der Waals surface area contributed by atoms with Gasteiger partial charge in [0.1, 0.15) is 23.2 Å². The zero-order chi connectivity index (χ0) is 33.1. The van der Waals surface area contributed by atoms with Crippen molar-refractivity contribution in [3.63, 3.8) is 0 Å². The number of pyridine rings is 1. The Labute approximate surface area is 284 Å². The van der Waals surface area contributed by atoms with E-state index in [1.165, 1.54) is 29.7 Å². The quantitative estimate of drug-likeness (QED) is 0.155. The average Bonchev–Trinajstić information content (AvgIpc) is 3.73. The van der Waals surface area contributed by atoms with Crippen molar-refractivity contribution in [2.75, 3.05) is 0 Å². The van der Waals surface area contributed by atoms with Crippen LogP contribution in [0.2, 0.25) is 5.02 Å². The summed E-state index contributed by atoms with van der Waals surface area (Å²) < 4.78 is 6.25. The van der Waals surface area contributed by atoms with Crippen LogP contribution < -0.4 is 10.1 Å². The highest BCUT2D eigenvalue weighted by molar-refractivity contribution is 7.15. The lowest BCUT2D eigenvalue weighted by atomic mass is 9.87. The number of fused-ring (bicyclic) bond motifs is 1. The van der Waals surface area contributed by atoms with Crippen molar-refractivity contribution in [2.45, 2.75) is 70.8 Å². The number of thiophene rings is 1. The average molecular weight is 667 g/mol. The van der Waals surface area contributed by atoms with E-state index in [2.05, 4.69) is 38.2 Å². The molecule has 1 fully saturated rings. The number of carboxylic acids is 1. The number of hydrogen-bond acceptors (Lipinski definition) is 5. The molecule has 1 aliphatic carbocycles. The number of rotatable bonds is 10. The molecule has 6 nitrogen and oxygen atoms in total. The van der Waals surface area contributed by atoms with Crippen LogP contribution in [-0.4, -0.2) is 28.0 Å². The van der Waals surface area contributed by atoms with Gasteiger partial charge in [-0.25, -0.2) is 9.78 Å². The molecule has 0 unspecified atom stereocenters. The van der Waals surface area contributed by atoms with Crippen molar-refractivity contribution >= 4 is 45.6 Å². The first-order chi connectivity index (χ1) is 22.5. The van der Waals surface area contributed by atoms with Crippen molar-refractivity contribution in [3.05, 3.63) is 112 Å². The van der Waals surface area contributed by atoms with Crippen molar-refractivity contribution in [2.24, 2.45) is 5.92 Å². The summed E-state index contributed by atoms with van der Waals surface area (Å²) in [6, 6.07) is 26.0. The van der Waals surface area contributed by atoms with Gasteiger partial charge in [0.25, 0.3) is 5.91 Å². The van der Waals surface area contributed by atoms with Gasteiger partial charge in [-0.2, -0.15) is 0 Å². The van der Waals surface area contributed by atoms with Gasteiger partial charge < -0.3 is 15.2 Å². The van der Waals surface area contributed by atoms with E-state index in [9.17, 15) is 14.7 Å². The van der Waals surface area contributed by atoms with Crippen LogP contribution >= 0.6 is 22.9 Å². The third-order valence-electron chi connectivity index (χ3n) is 8.83. The highest BCUT2D eigenvalue weighted by atomic mass is 35.5. The second-order valence-electron chi connectivity index (χ2n) is 13.4. The highest BCUT2D eigenvalue weighted by Gasteiger charge is 2.25. The van der Waals surface area contributed by atoms with E-state index in [0.29, 0.717) is 16.7 Å². The zero-order valence-electron chi connectivity index (χ0n) is 26.9. The Bertz CT molecular complexity index is 1890. The normalized spacial score (nSPS) is 14.3. The van der Waals surface area contributed by atoms with Crippen LogP contribution in [0.3, 0.4) is 0 Å². The summed E-state index contributed by atoms with van der Waals surface area (Å²) in [6.45, 7) is 6.55. The molecule has 1 saturated carbocycles. The predicted octanol–water partition coefficient (Wildman–Crippen LogP) is 9.86. The number of nitrogens with zero attached hydrogens (tertiary/aromatic N) is 1. The summed E-state index contributed by atoms with van der Waals surface area (Å²) in [5, 5.41) is 15.3. The Morgan fingerprint density at radius 1 is 0.957 bits per heavy atom. The van der Waals surface area contributed by atoms with Gasteiger partial charge in [-0.05, 0) is 88.9 Å². The maximum Gasteiger partial charge on any atom is 0.326 e. The van der Waals surface area contributed by atoms with Gasteiger partial charge in [0.05, 0.1) is 0 Å². The van der Waals surface area contributed by atoms with Gasteiger partial charge in [0.2, 0.25) is 0 Å². The van der Waals surface area contributed by atoms with Gasteiger partial charge in [0, 0.05) is 32.3 Å². The van der Waals surface area contributed by atoms with Crippen LogP contribution in [0.15, 0.2) is 84.9 Å². The molecule has 2 aromatic heterocycles. The summed E-state index contributed by atoms with van der Waals surface area (Å²) in [5.74, 6) is 0.362. The molecule has 1 atom stereocenters. The number of aromatic nitrogens is 1. The first-order valence-corrected chi connectivity index (χ1v) is 17.3. The van der Waals surface area contributed by atoms with Crippen LogP contribution in [0.1, 0.15) is 73.1 Å². The van der Waals surface area contributed by atoms with E-state index >= 15 is 0 Å². The molecule has 47 heavy (non-hydrogen) atoms. The van der Waals surface area contributed by atoms with Crippen LogP contribution in [0.4, 0.5) is 0 Å². The smallest absolute Gasteiger partial charge is 0.326 e. The summed E-state index contributed by atoms with van der Waals surface area (Å²) in [4.78, 5) is 32.6. The molecule has 6 rings (SSSR count). The molecule has 0 bridgehead atoms. The van der Waals surface area contributed by atoms with Gasteiger partial charge >= 0.3 is 5.97 Å². The van der Waals surface area contributed by atoms with Crippen molar-refractivity contribution in [3.8, 4) is 21.9 Å². The van der Waals surface area contributed by atoms with Crippen molar-refractivity contribution in [1.82, 2.24) is 10.3 Å². The van der Waals surface area contributed by atoms with Crippen LogP contribution in [-0.2, 0) is 23.1 Å². The number of carbonyl (C=O) groups is 2. The largest absolute Gasteiger partial charge is 0.480 e. The minimum atomic E-state index is -1.10. The van der Waals surface area contributed by atoms with Gasteiger partial charge in [-0.1, -0.05) is 88.4 Å². The SMILES string of the molecule is CC(C)(C)c1ccc(Oc2ccc3cc(C(=O)N[C@@H](Cc4ccc(-c5ccc(Cl)cc5)s4)C(=O)O)nc(CC4CCCC4)c3c2)cc1. The molecule has 0 aliphatic heterocycles. The molecule has 8 heteroatoms. The van der Waals surface area contributed by atoms with Gasteiger partial charge in [-0.3, -0.25) is 4.79 Å². The van der Waals surface area contributed by atoms with Crippen molar-refractivity contribution < 1.29 is 19.4 Å². The maximum atomic E-state index is 13.6. The number of halogens is 1. The molecular formula is C39H39ClN2O4S. The van der Waals surface area contributed by atoms with E-state index in [1.807, 2.05) is 66.7 Å². The van der Waals surface area contributed by atoms with E-state index in [-0.39, 0.29) is 17.5 Å². The minimum absolute atomic E-state index is 0.0578. The molecule has 5 aromatic rings. The predicted molar refractivity (Wildman–Crippen MR) is 190 cm³/mol. The Balaban J connectivity index is 1.23.